The topological polar surface area (TPSA) is 85.2 Å². The number of halogens is 4. The summed E-state index contributed by atoms with van der Waals surface area (Å²) in [6.45, 7) is -1.62. The number of aromatic amines is 1. The fraction of sp³-hybridized carbons (Fsp3) is 0.286. The second-order valence-corrected chi connectivity index (χ2v) is 2.75. The van der Waals surface area contributed by atoms with Gasteiger partial charge in [-0.05, 0) is 0 Å². The van der Waals surface area contributed by atoms with Gasteiger partial charge in [0, 0.05) is 0 Å². The highest BCUT2D eigenvalue weighted by atomic mass is 19.4. The van der Waals surface area contributed by atoms with Crippen LogP contribution in [0.4, 0.5) is 23.2 Å². The molecule has 0 bridgehead atoms. The molecular weight excluding hydrogens is 252 g/mol. The van der Waals surface area contributed by atoms with E-state index in [2.05, 4.69) is 4.74 Å². The lowest BCUT2D eigenvalue weighted by Gasteiger charge is -2.10. The third kappa shape index (κ3) is 2.92. The van der Waals surface area contributed by atoms with E-state index in [0.717, 1.165) is 0 Å². The Balaban J connectivity index is 3.44. The van der Waals surface area contributed by atoms with Crippen LogP contribution in [0.15, 0.2) is 11.0 Å². The van der Waals surface area contributed by atoms with Gasteiger partial charge in [0.1, 0.15) is 6.67 Å². The van der Waals surface area contributed by atoms with Crippen LogP contribution >= 0.6 is 0 Å². The summed E-state index contributed by atoms with van der Waals surface area (Å²) in [5.41, 5.74) is -3.48. The third-order valence-corrected chi connectivity index (χ3v) is 1.67. The Hall–Kier alpha value is -2.13. The van der Waals surface area contributed by atoms with Crippen molar-refractivity contribution in [3.05, 3.63) is 32.2 Å². The zero-order valence-electron chi connectivity index (χ0n) is 7.88. The minimum atomic E-state index is -5.26. The summed E-state index contributed by atoms with van der Waals surface area (Å²) in [4.78, 5) is 21.9. The van der Waals surface area contributed by atoms with E-state index in [9.17, 15) is 32.5 Å². The van der Waals surface area contributed by atoms with Gasteiger partial charge in [0.25, 0.3) is 5.56 Å². The molecule has 0 fully saturated rings. The predicted molar refractivity (Wildman–Crippen MR) is 45.2 cm³/mol. The first-order valence-electron chi connectivity index (χ1n) is 3.97. The molecule has 0 radical (unpaired) electrons. The second kappa shape index (κ2) is 4.39. The molecule has 94 valence electrons. The lowest BCUT2D eigenvalue weighted by molar-refractivity contribution is -0.389. The average molecular weight is 256 g/mol. The van der Waals surface area contributed by atoms with Crippen LogP contribution in [0.3, 0.4) is 0 Å². The van der Waals surface area contributed by atoms with Crippen molar-refractivity contribution >= 4 is 5.69 Å². The van der Waals surface area contributed by atoms with Crippen LogP contribution in [-0.2, 0) is 6.67 Å². The van der Waals surface area contributed by atoms with E-state index < -0.39 is 40.5 Å². The molecule has 1 rings (SSSR count). The molecular formula is C7H4F4N2O4. The van der Waals surface area contributed by atoms with Gasteiger partial charge in [0.15, 0.2) is 0 Å². The van der Waals surface area contributed by atoms with Crippen molar-refractivity contribution in [3.8, 4) is 5.75 Å². The molecule has 0 unspecified atom stereocenters. The Labute approximate surface area is 90.0 Å². The van der Waals surface area contributed by atoms with Crippen LogP contribution in [0, 0.1) is 10.1 Å². The minimum absolute atomic E-state index is 0.405. The maximum absolute atomic E-state index is 12.4. The Kier molecular flexibility index (Phi) is 3.34. The number of nitrogens with zero attached hydrogens (tertiary/aromatic N) is 1. The summed E-state index contributed by atoms with van der Waals surface area (Å²) in [7, 11) is 0. The molecule has 0 amide bonds. The predicted octanol–water partition coefficient (Wildman–Crippen LogP) is 1.65. The summed E-state index contributed by atoms with van der Waals surface area (Å²) >= 11 is 0. The summed E-state index contributed by atoms with van der Waals surface area (Å²) in [5.74, 6) is -1.44. The number of rotatable bonds is 3. The summed E-state index contributed by atoms with van der Waals surface area (Å²) < 4.78 is 51.5. The van der Waals surface area contributed by atoms with Crippen molar-refractivity contribution in [2.75, 3.05) is 0 Å². The maximum atomic E-state index is 12.4. The zero-order valence-corrected chi connectivity index (χ0v) is 7.88. The molecule has 1 heterocycles. The van der Waals surface area contributed by atoms with Gasteiger partial charge in [0.05, 0.1) is 16.7 Å². The zero-order chi connectivity index (χ0) is 13.2. The molecule has 10 heteroatoms. The van der Waals surface area contributed by atoms with E-state index in [0.29, 0.717) is 6.20 Å². The first-order chi connectivity index (χ1) is 7.76. The molecule has 0 aliphatic carbocycles. The number of hydrogen-bond acceptors (Lipinski definition) is 4. The van der Waals surface area contributed by atoms with Crippen molar-refractivity contribution < 1.29 is 27.2 Å². The van der Waals surface area contributed by atoms with Gasteiger partial charge in [-0.2, -0.15) is 0 Å². The van der Waals surface area contributed by atoms with Crippen molar-refractivity contribution in [1.82, 2.24) is 4.98 Å². The molecule has 0 saturated carbocycles. The molecule has 17 heavy (non-hydrogen) atoms. The normalized spacial score (nSPS) is 11.3. The van der Waals surface area contributed by atoms with E-state index in [1.165, 1.54) is 0 Å². The number of aromatic nitrogens is 1. The number of hydrogen-bond donors (Lipinski definition) is 1. The highest BCUT2D eigenvalue weighted by Crippen LogP contribution is 2.33. The molecule has 0 spiro atoms. The Bertz CT molecular complexity index is 496. The quantitative estimate of drug-likeness (QED) is 0.506. The fourth-order valence-electron chi connectivity index (χ4n) is 1.03. The van der Waals surface area contributed by atoms with Gasteiger partial charge in [0.2, 0.25) is 5.75 Å². The van der Waals surface area contributed by atoms with Crippen LogP contribution in [0.25, 0.3) is 0 Å². The van der Waals surface area contributed by atoms with Crippen molar-refractivity contribution in [2.45, 2.75) is 13.0 Å². The molecule has 0 aliphatic rings. The van der Waals surface area contributed by atoms with Crippen LogP contribution in [-0.4, -0.2) is 16.3 Å². The Morgan fingerprint density at radius 1 is 1.47 bits per heavy atom. The third-order valence-electron chi connectivity index (χ3n) is 1.67. The minimum Gasteiger partial charge on any atom is -0.398 e. The second-order valence-electron chi connectivity index (χ2n) is 2.75. The number of alkyl halides is 4. The molecule has 0 aliphatic heterocycles. The molecule has 0 saturated heterocycles. The highest BCUT2D eigenvalue weighted by molar-refractivity contribution is 5.49. The average Bonchev–Trinajstić information content (AvgIpc) is 2.15. The number of H-pyrrole nitrogens is 1. The standard InChI is InChI=1S/C7H4F4N2O4/c8-1-3-5(17-7(9,10)11)4(13(15)16)2-12-6(3)14/h2H,1H2,(H,12,14). The van der Waals surface area contributed by atoms with Gasteiger partial charge in [-0.3, -0.25) is 14.9 Å². The lowest BCUT2D eigenvalue weighted by atomic mass is 10.2. The van der Waals surface area contributed by atoms with Crippen molar-refractivity contribution in [3.63, 3.8) is 0 Å². The van der Waals surface area contributed by atoms with E-state index in [1.54, 1.807) is 4.98 Å². The van der Waals surface area contributed by atoms with Crippen LogP contribution in [0.2, 0.25) is 0 Å². The first kappa shape index (κ1) is 12.9. The largest absolute Gasteiger partial charge is 0.573 e. The van der Waals surface area contributed by atoms with Crippen molar-refractivity contribution in [1.29, 1.82) is 0 Å². The SMILES string of the molecule is O=c1[nH]cc([N+](=O)[O-])c(OC(F)(F)F)c1CF. The van der Waals surface area contributed by atoms with Crippen LogP contribution in [0.5, 0.6) is 5.75 Å². The number of nitrogens with one attached hydrogen (secondary N) is 1. The van der Waals surface area contributed by atoms with Gasteiger partial charge >= 0.3 is 12.0 Å². The molecule has 1 aromatic rings. The van der Waals surface area contributed by atoms with E-state index in [1.807, 2.05) is 0 Å². The van der Waals surface area contributed by atoms with E-state index in [-0.39, 0.29) is 0 Å². The molecule has 1 aromatic heterocycles. The molecule has 6 nitrogen and oxygen atoms in total. The molecule has 1 N–H and O–H groups in total. The maximum Gasteiger partial charge on any atom is 0.573 e. The Morgan fingerprint density at radius 3 is 2.47 bits per heavy atom. The summed E-state index contributed by atoms with van der Waals surface area (Å²) in [6, 6.07) is 0. The summed E-state index contributed by atoms with van der Waals surface area (Å²) in [5, 5.41) is 10.4. The molecule has 0 atom stereocenters. The van der Waals surface area contributed by atoms with Gasteiger partial charge in [-0.25, -0.2) is 4.39 Å². The smallest absolute Gasteiger partial charge is 0.398 e. The highest BCUT2D eigenvalue weighted by Gasteiger charge is 2.36. The lowest BCUT2D eigenvalue weighted by Crippen LogP contribution is -2.22. The monoisotopic (exact) mass is 256 g/mol. The summed E-state index contributed by atoms with van der Waals surface area (Å²) in [6.07, 6.45) is -4.86. The van der Waals surface area contributed by atoms with Gasteiger partial charge < -0.3 is 9.72 Å². The van der Waals surface area contributed by atoms with E-state index in [4.69, 9.17) is 0 Å². The van der Waals surface area contributed by atoms with Crippen LogP contribution in [0.1, 0.15) is 5.56 Å². The fourth-order valence-corrected chi connectivity index (χ4v) is 1.03. The van der Waals surface area contributed by atoms with Gasteiger partial charge in [-0.1, -0.05) is 0 Å². The van der Waals surface area contributed by atoms with Crippen molar-refractivity contribution in [2.24, 2.45) is 0 Å². The van der Waals surface area contributed by atoms with Gasteiger partial charge in [-0.15, -0.1) is 13.2 Å². The number of ether oxygens (including phenoxy) is 1. The van der Waals surface area contributed by atoms with Crippen LogP contribution < -0.4 is 10.3 Å². The number of nitro groups is 1. The Morgan fingerprint density at radius 2 is 2.06 bits per heavy atom. The molecule has 0 aromatic carbocycles. The van der Waals surface area contributed by atoms with E-state index >= 15 is 0 Å². The number of pyridine rings is 1. The first-order valence-corrected chi connectivity index (χ1v) is 3.97.